The summed E-state index contributed by atoms with van der Waals surface area (Å²) in [6, 6.07) is 10.0. The summed E-state index contributed by atoms with van der Waals surface area (Å²) in [6.07, 6.45) is 1.83. The van der Waals surface area contributed by atoms with Gasteiger partial charge in [-0.2, -0.15) is 0 Å². The second-order valence-electron chi connectivity index (χ2n) is 1.61. The summed E-state index contributed by atoms with van der Waals surface area (Å²) in [7, 11) is 0. The van der Waals surface area contributed by atoms with E-state index in [1.165, 1.54) is 5.56 Å². The van der Waals surface area contributed by atoms with Crippen molar-refractivity contribution in [3.63, 3.8) is 0 Å². The van der Waals surface area contributed by atoms with Gasteiger partial charge in [-0.1, -0.05) is 43.0 Å². The van der Waals surface area contributed by atoms with E-state index in [2.05, 4.69) is 6.58 Å². The van der Waals surface area contributed by atoms with Crippen LogP contribution >= 0.6 is 0 Å². The number of hydrogen-bond acceptors (Lipinski definition) is 0. The molecule has 0 unspecified atom stereocenters. The van der Waals surface area contributed by atoms with Crippen molar-refractivity contribution in [2.75, 3.05) is 0 Å². The monoisotopic (exact) mass is 128 g/mol. The molecule has 0 aromatic heterocycles. The molecule has 0 aliphatic carbocycles. The highest BCUT2D eigenvalue weighted by Gasteiger charge is 1.75. The first-order valence-corrected chi connectivity index (χ1v) is 2.61. The molecular formula is C10H8. The molecule has 1 aromatic rings. The molecule has 10 heavy (non-hydrogen) atoms. The maximum absolute atomic E-state index is 3.63. The van der Waals surface area contributed by atoms with Crippen molar-refractivity contribution in [3.05, 3.63) is 57.3 Å². The molecule has 0 saturated heterocycles. The van der Waals surface area contributed by atoms with E-state index in [0.717, 1.165) is 0 Å². The van der Waals surface area contributed by atoms with Crippen molar-refractivity contribution >= 4 is 6.08 Å². The van der Waals surface area contributed by atoms with E-state index in [9.17, 15) is 0 Å². The van der Waals surface area contributed by atoms with Crippen LogP contribution < -0.4 is 0 Å². The Labute approximate surface area is 64.2 Å². The van der Waals surface area contributed by atoms with E-state index < -0.39 is 0 Å². The molecule has 0 heteroatoms. The lowest BCUT2D eigenvalue weighted by Crippen LogP contribution is -1.63. The molecule has 0 aliphatic heterocycles. The van der Waals surface area contributed by atoms with E-state index in [1.54, 1.807) is 0 Å². The van der Waals surface area contributed by atoms with Gasteiger partial charge < -0.3 is 0 Å². The van der Waals surface area contributed by atoms with Gasteiger partial charge in [0.2, 0.25) is 0 Å². The third-order valence-corrected chi connectivity index (χ3v) is 1.04. The lowest BCUT2D eigenvalue weighted by atomic mass is 10.2. The second-order valence-corrected chi connectivity index (χ2v) is 1.61. The Morgan fingerprint density at radius 3 is 1.80 bits per heavy atom. The zero-order chi connectivity index (χ0) is 5.82. The molecular weight excluding hydrogens is 120 g/mol. The first-order chi connectivity index (χ1) is 3.93. The van der Waals surface area contributed by atoms with Crippen LogP contribution in [0.25, 0.3) is 6.08 Å². The van der Waals surface area contributed by atoms with Gasteiger partial charge in [-0.3, -0.25) is 0 Å². The predicted molar refractivity (Wildman–Crippen MR) is 43.0 cm³/mol. The van der Waals surface area contributed by atoms with Crippen LogP contribution in [-0.4, -0.2) is 0 Å². The van der Waals surface area contributed by atoms with E-state index >= 15 is 0 Å². The molecule has 8 radical (unpaired) electrons. The third kappa shape index (κ3) is 3.08. The van der Waals surface area contributed by atoms with Gasteiger partial charge in [0, 0.05) is 14.9 Å². The Bertz CT molecular complexity index is 163. The quantitative estimate of drug-likeness (QED) is 0.545. The van der Waals surface area contributed by atoms with Crippen LogP contribution in [0.2, 0.25) is 0 Å². The zero-order valence-corrected chi connectivity index (χ0v) is 5.67. The molecule has 0 heterocycles. The van der Waals surface area contributed by atoms with Crippen LogP contribution in [0.5, 0.6) is 0 Å². The topological polar surface area (TPSA) is 0 Å². The van der Waals surface area contributed by atoms with Gasteiger partial charge in [0.05, 0.1) is 0 Å². The van der Waals surface area contributed by atoms with E-state index in [4.69, 9.17) is 0 Å². The summed E-state index contributed by atoms with van der Waals surface area (Å²) in [5, 5.41) is 0. The molecule has 0 bridgehead atoms. The Balaban J connectivity index is 0. The van der Waals surface area contributed by atoms with Gasteiger partial charge in [-0.05, 0) is 5.56 Å². The summed E-state index contributed by atoms with van der Waals surface area (Å²) < 4.78 is 0. The van der Waals surface area contributed by atoms with Gasteiger partial charge in [0.15, 0.2) is 0 Å². The van der Waals surface area contributed by atoms with Gasteiger partial charge in [-0.25, -0.2) is 0 Å². The predicted octanol–water partition coefficient (Wildman–Crippen LogP) is 2.49. The highest BCUT2D eigenvalue weighted by Crippen LogP contribution is 1.97. The minimum Gasteiger partial charge on any atom is -0.0985 e. The molecule has 0 spiro atoms. The molecule has 0 atom stereocenters. The fourth-order valence-corrected chi connectivity index (χ4v) is 0.589. The van der Waals surface area contributed by atoms with Crippen molar-refractivity contribution < 1.29 is 0 Å². The molecule has 0 fully saturated rings. The molecule has 0 N–H and O–H groups in total. The van der Waals surface area contributed by atoms with E-state index in [0.29, 0.717) is 0 Å². The van der Waals surface area contributed by atoms with Gasteiger partial charge in [0.25, 0.3) is 0 Å². The Morgan fingerprint density at radius 2 is 1.50 bits per heavy atom. The van der Waals surface area contributed by atoms with Crippen LogP contribution in [0.3, 0.4) is 0 Å². The van der Waals surface area contributed by atoms with Crippen molar-refractivity contribution in [2.45, 2.75) is 0 Å². The van der Waals surface area contributed by atoms with Crippen molar-refractivity contribution in [3.8, 4) is 0 Å². The highest BCUT2D eigenvalue weighted by atomic mass is 13.8. The molecule has 0 nitrogen and oxygen atoms in total. The maximum Gasteiger partial charge on any atom is 0 e. The smallest absolute Gasteiger partial charge is 0 e. The first-order valence-electron chi connectivity index (χ1n) is 2.61. The Hall–Kier alpha value is -1.04. The molecule has 1 rings (SSSR count). The van der Waals surface area contributed by atoms with Crippen molar-refractivity contribution in [2.24, 2.45) is 0 Å². The Kier molecular flexibility index (Phi) is 7.13. The summed E-state index contributed by atoms with van der Waals surface area (Å²) in [6.45, 7) is 3.63. The summed E-state index contributed by atoms with van der Waals surface area (Å²) in [5.74, 6) is 0. The minimum absolute atomic E-state index is 0. The molecule has 1 aromatic carbocycles. The van der Waals surface area contributed by atoms with E-state index in [1.807, 2.05) is 36.4 Å². The Morgan fingerprint density at radius 1 is 1.00 bits per heavy atom. The largest absolute Gasteiger partial charge is 0.0985 e. The fourth-order valence-electron chi connectivity index (χ4n) is 0.589. The minimum atomic E-state index is 0. The summed E-state index contributed by atoms with van der Waals surface area (Å²) in [5.41, 5.74) is 1.17. The van der Waals surface area contributed by atoms with Gasteiger partial charge in [-0.15, -0.1) is 0 Å². The van der Waals surface area contributed by atoms with Crippen LogP contribution in [0, 0.1) is 14.9 Å². The third-order valence-electron chi connectivity index (χ3n) is 1.04. The zero-order valence-electron chi connectivity index (χ0n) is 5.67. The molecule has 0 amide bonds. The maximum atomic E-state index is 3.63. The van der Waals surface area contributed by atoms with Crippen LogP contribution in [0.1, 0.15) is 5.56 Å². The van der Waals surface area contributed by atoms with Crippen LogP contribution in [0.4, 0.5) is 0 Å². The number of hydrogen-bond donors (Lipinski definition) is 0. The average molecular weight is 128 g/mol. The summed E-state index contributed by atoms with van der Waals surface area (Å²) in [4.78, 5) is 0. The standard InChI is InChI=1S/C8H8.2C/c1-2-8-6-4-3-5-7-8;;/h2-7H,1H2;;. The molecule has 48 valence electrons. The van der Waals surface area contributed by atoms with Gasteiger partial charge in [0.1, 0.15) is 0 Å². The van der Waals surface area contributed by atoms with Crippen molar-refractivity contribution in [1.29, 1.82) is 0 Å². The molecule has 0 aliphatic rings. The van der Waals surface area contributed by atoms with Gasteiger partial charge >= 0.3 is 0 Å². The van der Waals surface area contributed by atoms with Crippen LogP contribution in [0.15, 0.2) is 36.9 Å². The van der Waals surface area contributed by atoms with Crippen molar-refractivity contribution in [1.82, 2.24) is 0 Å². The lowest BCUT2D eigenvalue weighted by Gasteiger charge is -1.85. The lowest BCUT2D eigenvalue weighted by molar-refractivity contribution is 1.67. The summed E-state index contributed by atoms with van der Waals surface area (Å²) >= 11 is 0. The number of rotatable bonds is 1. The highest BCUT2D eigenvalue weighted by molar-refractivity contribution is 5.45. The molecule has 0 saturated carbocycles. The number of benzene rings is 1. The SMILES string of the molecule is C=Cc1ccccc1.[C].[C]. The fraction of sp³-hybridized carbons (Fsp3) is 0. The normalized spacial score (nSPS) is 6.80. The second kappa shape index (κ2) is 6.09. The van der Waals surface area contributed by atoms with E-state index in [-0.39, 0.29) is 14.9 Å². The average Bonchev–Trinajstić information content (AvgIpc) is 1.90. The van der Waals surface area contributed by atoms with Crippen LogP contribution in [-0.2, 0) is 0 Å². The first kappa shape index (κ1) is 11.7.